The van der Waals surface area contributed by atoms with Gasteiger partial charge in [-0.2, -0.15) is 0 Å². The molecule has 1 saturated heterocycles. The number of nitrogens with two attached hydrogens (primary N) is 1. The quantitative estimate of drug-likeness (QED) is 0.444. The van der Waals surface area contributed by atoms with Crippen LogP contribution in [0.4, 0.5) is 16.2 Å². The lowest BCUT2D eigenvalue weighted by molar-refractivity contribution is 0.0920. The number of hydrazine groups is 1. The van der Waals surface area contributed by atoms with E-state index in [4.69, 9.17) is 22.2 Å². The lowest BCUT2D eigenvalue weighted by Crippen LogP contribution is -2.36. The van der Waals surface area contributed by atoms with Gasteiger partial charge in [0.05, 0.1) is 28.0 Å². The second-order valence-corrected chi connectivity index (χ2v) is 7.96. The summed E-state index contributed by atoms with van der Waals surface area (Å²) >= 11 is 7.04. The number of carbonyl (C=O) groups excluding carboxylic acids is 2. The Hall–Kier alpha value is -2.33. The number of amides is 2. The second kappa shape index (κ2) is 9.24. The average molecular weight is 424 g/mol. The van der Waals surface area contributed by atoms with Crippen molar-refractivity contribution < 1.29 is 14.3 Å². The van der Waals surface area contributed by atoms with Gasteiger partial charge in [0.25, 0.3) is 5.91 Å². The van der Waals surface area contributed by atoms with Gasteiger partial charge in [0.15, 0.2) is 0 Å². The van der Waals surface area contributed by atoms with Gasteiger partial charge in [-0.05, 0) is 43.4 Å². The van der Waals surface area contributed by atoms with E-state index in [1.807, 2.05) is 31.3 Å². The highest BCUT2D eigenvalue weighted by atomic mass is 35.5. The number of benzene rings is 1. The van der Waals surface area contributed by atoms with E-state index in [1.54, 1.807) is 17.1 Å². The maximum absolute atomic E-state index is 12.2. The summed E-state index contributed by atoms with van der Waals surface area (Å²) in [5, 5.41) is 7.45. The Morgan fingerprint density at radius 1 is 1.36 bits per heavy atom. The van der Waals surface area contributed by atoms with Gasteiger partial charge in [-0.25, -0.2) is 10.6 Å². The van der Waals surface area contributed by atoms with E-state index in [9.17, 15) is 9.59 Å². The molecular formula is C18H22ClN5O3S. The molecule has 0 bridgehead atoms. The molecule has 2 aromatic rings. The van der Waals surface area contributed by atoms with Gasteiger partial charge in [0.1, 0.15) is 6.10 Å². The van der Waals surface area contributed by atoms with Crippen LogP contribution in [0, 0.1) is 0 Å². The summed E-state index contributed by atoms with van der Waals surface area (Å²) in [6, 6.07) is 10.7. The zero-order chi connectivity index (χ0) is 20.1. The zero-order valence-electron chi connectivity index (χ0n) is 15.4. The standard InChI is InChI=1S/C18H22ClN5O3S/c1-21-8-9-24(20)13-4-2-12(3-5-13)23-11-14(27-18(23)26)10-22-17(25)15-6-7-16(19)28-15/h2-7,14,21H,8-11,20H2,1H3,(H,22,25). The lowest BCUT2D eigenvalue weighted by Gasteiger charge is -2.20. The fourth-order valence-corrected chi connectivity index (χ4v) is 3.71. The van der Waals surface area contributed by atoms with Crippen LogP contribution in [-0.2, 0) is 4.74 Å². The molecule has 10 heteroatoms. The van der Waals surface area contributed by atoms with Crippen molar-refractivity contribution in [3.05, 3.63) is 45.6 Å². The summed E-state index contributed by atoms with van der Waals surface area (Å²) in [6.07, 6.45) is -0.862. The zero-order valence-corrected chi connectivity index (χ0v) is 16.9. The number of nitrogens with one attached hydrogen (secondary N) is 2. The van der Waals surface area contributed by atoms with Crippen molar-refractivity contribution in [1.82, 2.24) is 10.6 Å². The monoisotopic (exact) mass is 423 g/mol. The van der Waals surface area contributed by atoms with E-state index in [2.05, 4.69) is 10.6 Å². The molecule has 8 nitrogen and oxygen atoms in total. The number of hydrogen-bond donors (Lipinski definition) is 3. The molecule has 1 aromatic carbocycles. The van der Waals surface area contributed by atoms with Crippen molar-refractivity contribution >= 4 is 46.3 Å². The number of carbonyl (C=O) groups is 2. The minimum atomic E-state index is -0.439. The third-order valence-corrected chi connectivity index (χ3v) is 5.49. The number of likely N-dealkylation sites (N-methyl/N-ethyl adjacent to an activating group) is 1. The number of thiophene rings is 1. The SMILES string of the molecule is CNCCN(N)c1ccc(N2CC(CNC(=O)c3ccc(Cl)s3)OC2=O)cc1. The molecular weight excluding hydrogens is 402 g/mol. The molecule has 1 aromatic heterocycles. The van der Waals surface area contributed by atoms with Crippen LogP contribution in [-0.4, -0.2) is 51.3 Å². The number of hydrogen-bond acceptors (Lipinski definition) is 7. The molecule has 28 heavy (non-hydrogen) atoms. The molecule has 3 rings (SSSR count). The first kappa shape index (κ1) is 20.4. The Balaban J connectivity index is 1.54. The summed E-state index contributed by atoms with van der Waals surface area (Å²) in [7, 11) is 1.87. The first-order valence-corrected chi connectivity index (χ1v) is 9.96. The summed E-state index contributed by atoms with van der Waals surface area (Å²) in [6.45, 7) is 2.02. The highest BCUT2D eigenvalue weighted by Gasteiger charge is 2.32. The highest BCUT2D eigenvalue weighted by Crippen LogP contribution is 2.24. The number of anilines is 2. The minimum Gasteiger partial charge on any atom is -0.442 e. The summed E-state index contributed by atoms with van der Waals surface area (Å²) in [5.41, 5.74) is 1.57. The van der Waals surface area contributed by atoms with Crippen molar-refractivity contribution in [2.75, 3.05) is 43.1 Å². The molecule has 0 spiro atoms. The van der Waals surface area contributed by atoms with Gasteiger partial charge in [-0.3, -0.25) is 9.69 Å². The molecule has 2 heterocycles. The normalized spacial score (nSPS) is 16.2. The molecule has 1 atom stereocenters. The Kier molecular flexibility index (Phi) is 6.74. The Labute approximate surface area is 172 Å². The van der Waals surface area contributed by atoms with Gasteiger partial charge < -0.3 is 20.4 Å². The van der Waals surface area contributed by atoms with Crippen LogP contribution in [0.5, 0.6) is 0 Å². The molecule has 1 aliphatic rings. The van der Waals surface area contributed by atoms with Crippen LogP contribution in [0.3, 0.4) is 0 Å². The number of halogens is 1. The molecule has 2 amide bonds. The van der Waals surface area contributed by atoms with Crippen LogP contribution in [0.2, 0.25) is 4.34 Å². The molecule has 0 radical (unpaired) electrons. The predicted molar refractivity (Wildman–Crippen MR) is 111 cm³/mol. The van der Waals surface area contributed by atoms with E-state index >= 15 is 0 Å². The molecule has 1 unspecified atom stereocenters. The van der Waals surface area contributed by atoms with Crippen molar-refractivity contribution in [2.24, 2.45) is 5.84 Å². The number of ether oxygens (including phenoxy) is 1. The topological polar surface area (TPSA) is 99.9 Å². The largest absolute Gasteiger partial charge is 0.442 e. The molecule has 4 N–H and O–H groups in total. The smallest absolute Gasteiger partial charge is 0.414 e. The van der Waals surface area contributed by atoms with E-state index < -0.39 is 12.2 Å². The van der Waals surface area contributed by atoms with Crippen molar-refractivity contribution in [3.8, 4) is 0 Å². The fourth-order valence-electron chi connectivity index (χ4n) is 2.75. The lowest BCUT2D eigenvalue weighted by atomic mass is 10.2. The van der Waals surface area contributed by atoms with Crippen LogP contribution >= 0.6 is 22.9 Å². The summed E-state index contributed by atoms with van der Waals surface area (Å²) in [4.78, 5) is 26.3. The maximum atomic E-state index is 12.2. The highest BCUT2D eigenvalue weighted by molar-refractivity contribution is 7.17. The van der Waals surface area contributed by atoms with Crippen LogP contribution in [0.25, 0.3) is 0 Å². The van der Waals surface area contributed by atoms with Gasteiger partial charge in [0, 0.05) is 18.8 Å². The van der Waals surface area contributed by atoms with E-state index in [0.29, 0.717) is 22.3 Å². The van der Waals surface area contributed by atoms with E-state index in [0.717, 1.165) is 17.9 Å². The van der Waals surface area contributed by atoms with Gasteiger partial charge in [0.2, 0.25) is 0 Å². The van der Waals surface area contributed by atoms with Gasteiger partial charge in [-0.1, -0.05) is 11.6 Å². The molecule has 150 valence electrons. The van der Waals surface area contributed by atoms with Crippen LogP contribution in [0.15, 0.2) is 36.4 Å². The van der Waals surface area contributed by atoms with Crippen LogP contribution < -0.4 is 26.4 Å². The summed E-state index contributed by atoms with van der Waals surface area (Å²) < 4.78 is 5.91. The minimum absolute atomic E-state index is 0.231. The van der Waals surface area contributed by atoms with Gasteiger partial charge in [-0.15, -0.1) is 11.3 Å². The van der Waals surface area contributed by atoms with Gasteiger partial charge >= 0.3 is 6.09 Å². The first-order chi connectivity index (χ1) is 13.5. The maximum Gasteiger partial charge on any atom is 0.414 e. The van der Waals surface area contributed by atoms with E-state index in [-0.39, 0.29) is 12.5 Å². The molecule has 1 fully saturated rings. The van der Waals surface area contributed by atoms with Crippen molar-refractivity contribution in [1.29, 1.82) is 0 Å². The number of rotatable bonds is 8. The predicted octanol–water partition coefficient (Wildman–Crippen LogP) is 2.06. The molecule has 0 saturated carbocycles. The van der Waals surface area contributed by atoms with E-state index in [1.165, 1.54) is 16.2 Å². The second-order valence-electron chi connectivity index (χ2n) is 6.24. The average Bonchev–Trinajstić information content (AvgIpc) is 3.30. The Bertz CT molecular complexity index is 829. The molecule has 1 aliphatic heterocycles. The Morgan fingerprint density at radius 3 is 2.75 bits per heavy atom. The third-order valence-electron chi connectivity index (χ3n) is 4.26. The number of nitrogens with zero attached hydrogens (tertiary/aromatic N) is 2. The first-order valence-electron chi connectivity index (χ1n) is 8.76. The van der Waals surface area contributed by atoms with Crippen LogP contribution in [0.1, 0.15) is 9.67 Å². The van der Waals surface area contributed by atoms with Crippen molar-refractivity contribution in [2.45, 2.75) is 6.10 Å². The fraction of sp³-hybridized carbons (Fsp3) is 0.333. The number of cyclic esters (lactones) is 1. The summed E-state index contributed by atoms with van der Waals surface area (Å²) in [5.74, 6) is 5.76. The molecule has 0 aliphatic carbocycles. The van der Waals surface area contributed by atoms with Crippen molar-refractivity contribution in [3.63, 3.8) is 0 Å². The third kappa shape index (κ3) is 4.93. The Morgan fingerprint density at radius 2 is 2.11 bits per heavy atom.